The number of azo groups is 1. The minimum atomic E-state index is -0.506. The molecule has 5 aromatic carbocycles. The summed E-state index contributed by atoms with van der Waals surface area (Å²) in [5.74, 6) is -1.09. The van der Waals surface area contributed by atoms with E-state index in [0.29, 0.717) is 32.7 Å². The molecule has 0 radical (unpaired) electrons. The van der Waals surface area contributed by atoms with Crippen molar-refractivity contribution in [2.24, 2.45) is 10.2 Å². The molecule has 0 unspecified atom stereocenters. The average molecular weight is 563 g/mol. The molecule has 41 heavy (non-hydrogen) atoms. The summed E-state index contributed by atoms with van der Waals surface area (Å²) < 4.78 is 0. The fourth-order valence-electron chi connectivity index (χ4n) is 4.43. The van der Waals surface area contributed by atoms with Crippen molar-refractivity contribution < 1.29 is 14.7 Å². The average Bonchev–Trinajstić information content (AvgIpc) is 2.95. The van der Waals surface area contributed by atoms with Crippen LogP contribution in [0.4, 0.5) is 22.7 Å². The number of hydrogen-bond donors (Lipinski definition) is 3. The standard InChI is InChI=1S/C33H27ClN4O3/c1-19-8-15-28(21(3)16-19)36-32(40)23-10-9-20(2)29(18-23)37-38-30-26-7-5-4-6-22(26)17-27(31(30)39)33(41)35-25-13-11-24(34)12-14-25/h4-18,39H,1-3H3,(H,35,41)(H,36,40)/b38-37+. The summed E-state index contributed by atoms with van der Waals surface area (Å²) >= 11 is 5.95. The summed E-state index contributed by atoms with van der Waals surface area (Å²) in [6.07, 6.45) is 0. The molecule has 0 bridgehead atoms. The first kappa shape index (κ1) is 27.6. The van der Waals surface area contributed by atoms with Gasteiger partial charge in [-0.1, -0.05) is 59.6 Å². The molecule has 5 rings (SSSR count). The van der Waals surface area contributed by atoms with E-state index in [-0.39, 0.29) is 22.9 Å². The number of anilines is 2. The number of aryl methyl sites for hydroxylation is 3. The summed E-state index contributed by atoms with van der Waals surface area (Å²) in [7, 11) is 0. The van der Waals surface area contributed by atoms with E-state index in [1.165, 1.54) is 0 Å². The Kier molecular flexibility index (Phi) is 7.81. The van der Waals surface area contributed by atoms with Crippen molar-refractivity contribution in [3.05, 3.63) is 124 Å². The van der Waals surface area contributed by atoms with Crippen LogP contribution in [0.15, 0.2) is 101 Å². The lowest BCUT2D eigenvalue weighted by atomic mass is 10.0. The molecule has 0 heterocycles. The number of fused-ring (bicyclic) bond motifs is 1. The molecule has 0 aliphatic heterocycles. The van der Waals surface area contributed by atoms with Gasteiger partial charge in [0.25, 0.3) is 11.8 Å². The molecule has 8 heteroatoms. The number of halogens is 1. The van der Waals surface area contributed by atoms with E-state index in [4.69, 9.17) is 11.6 Å². The summed E-state index contributed by atoms with van der Waals surface area (Å²) in [6, 6.07) is 26.5. The zero-order valence-corrected chi connectivity index (χ0v) is 23.5. The number of nitrogens with one attached hydrogen (secondary N) is 2. The van der Waals surface area contributed by atoms with Gasteiger partial charge >= 0.3 is 0 Å². The van der Waals surface area contributed by atoms with Gasteiger partial charge in [0.1, 0.15) is 5.69 Å². The highest BCUT2D eigenvalue weighted by molar-refractivity contribution is 6.30. The van der Waals surface area contributed by atoms with Gasteiger partial charge in [-0.2, -0.15) is 5.11 Å². The van der Waals surface area contributed by atoms with Gasteiger partial charge in [-0.25, -0.2) is 0 Å². The molecule has 7 nitrogen and oxygen atoms in total. The molecule has 5 aromatic rings. The lowest BCUT2D eigenvalue weighted by Crippen LogP contribution is -2.12. The van der Waals surface area contributed by atoms with Crippen LogP contribution < -0.4 is 10.6 Å². The van der Waals surface area contributed by atoms with Crippen LogP contribution in [0.1, 0.15) is 37.4 Å². The Labute approximate surface area is 242 Å². The summed E-state index contributed by atoms with van der Waals surface area (Å²) in [6.45, 7) is 5.80. The van der Waals surface area contributed by atoms with Crippen LogP contribution in [-0.2, 0) is 0 Å². The molecule has 0 saturated carbocycles. The van der Waals surface area contributed by atoms with Crippen molar-refractivity contribution in [3.8, 4) is 5.75 Å². The molecule has 0 atom stereocenters. The number of carbonyl (C=O) groups excluding carboxylic acids is 2. The molecule has 0 aliphatic rings. The third-order valence-electron chi connectivity index (χ3n) is 6.70. The Morgan fingerprint density at radius 1 is 0.756 bits per heavy atom. The molecule has 0 aliphatic carbocycles. The second kappa shape index (κ2) is 11.6. The van der Waals surface area contributed by atoms with Gasteiger partial charge in [-0.3, -0.25) is 9.59 Å². The van der Waals surface area contributed by atoms with Crippen LogP contribution in [0.25, 0.3) is 10.8 Å². The zero-order valence-electron chi connectivity index (χ0n) is 22.7. The van der Waals surface area contributed by atoms with E-state index in [1.54, 1.807) is 54.6 Å². The predicted molar refractivity (Wildman–Crippen MR) is 164 cm³/mol. The summed E-state index contributed by atoms with van der Waals surface area (Å²) in [4.78, 5) is 26.2. The number of carbonyl (C=O) groups is 2. The maximum Gasteiger partial charge on any atom is 0.259 e. The van der Waals surface area contributed by atoms with Crippen LogP contribution >= 0.6 is 11.6 Å². The Balaban J connectivity index is 1.48. The number of hydrogen-bond acceptors (Lipinski definition) is 5. The molecular weight excluding hydrogens is 536 g/mol. The second-order valence-electron chi connectivity index (χ2n) is 9.78. The lowest BCUT2D eigenvalue weighted by molar-refractivity contribution is 0.101. The lowest BCUT2D eigenvalue weighted by Gasteiger charge is -2.12. The zero-order chi connectivity index (χ0) is 29.1. The Morgan fingerprint density at radius 2 is 1.51 bits per heavy atom. The molecule has 204 valence electrons. The van der Waals surface area contributed by atoms with Crippen LogP contribution in [0, 0.1) is 20.8 Å². The Morgan fingerprint density at radius 3 is 2.27 bits per heavy atom. The summed E-state index contributed by atoms with van der Waals surface area (Å²) in [5.41, 5.74) is 5.19. The van der Waals surface area contributed by atoms with Crippen molar-refractivity contribution in [1.29, 1.82) is 0 Å². The van der Waals surface area contributed by atoms with Gasteiger partial charge < -0.3 is 15.7 Å². The molecule has 0 spiro atoms. The highest BCUT2D eigenvalue weighted by Crippen LogP contribution is 2.40. The van der Waals surface area contributed by atoms with Crippen LogP contribution in [0.5, 0.6) is 5.75 Å². The molecule has 0 saturated heterocycles. The molecule has 0 aromatic heterocycles. The molecular formula is C33H27ClN4O3. The highest BCUT2D eigenvalue weighted by Gasteiger charge is 2.19. The minimum absolute atomic E-state index is 0.0471. The van der Waals surface area contributed by atoms with Crippen molar-refractivity contribution in [2.75, 3.05) is 10.6 Å². The normalized spacial score (nSPS) is 11.1. The van der Waals surface area contributed by atoms with Crippen LogP contribution in [-0.4, -0.2) is 16.9 Å². The number of amides is 2. The van der Waals surface area contributed by atoms with E-state index in [2.05, 4.69) is 20.9 Å². The monoisotopic (exact) mass is 562 g/mol. The number of phenolic OH excluding ortho intramolecular Hbond substituents is 1. The fourth-order valence-corrected chi connectivity index (χ4v) is 4.56. The first-order valence-electron chi connectivity index (χ1n) is 12.9. The number of nitrogens with zero attached hydrogens (tertiary/aromatic N) is 2. The largest absolute Gasteiger partial charge is 0.505 e. The van der Waals surface area contributed by atoms with Crippen molar-refractivity contribution >= 4 is 56.9 Å². The van der Waals surface area contributed by atoms with E-state index in [1.807, 2.05) is 57.2 Å². The maximum atomic E-state index is 13.1. The predicted octanol–water partition coefficient (Wildman–Crippen LogP) is 9.04. The van der Waals surface area contributed by atoms with Crippen LogP contribution in [0.2, 0.25) is 5.02 Å². The Hall–Kier alpha value is -5.01. The molecule has 0 fully saturated rings. The van der Waals surface area contributed by atoms with Crippen LogP contribution in [0.3, 0.4) is 0 Å². The third kappa shape index (κ3) is 6.10. The Bertz CT molecular complexity index is 1830. The minimum Gasteiger partial charge on any atom is -0.505 e. The molecule has 3 N–H and O–H groups in total. The SMILES string of the molecule is Cc1ccc(NC(=O)c2ccc(C)c(/N=N/c3c(O)c(C(=O)Nc4ccc(Cl)cc4)cc4ccccc34)c2)c(C)c1. The first-order valence-corrected chi connectivity index (χ1v) is 13.3. The number of phenols is 1. The second-order valence-corrected chi connectivity index (χ2v) is 10.2. The quantitative estimate of drug-likeness (QED) is 0.180. The van der Waals surface area contributed by atoms with E-state index < -0.39 is 5.91 Å². The van der Waals surface area contributed by atoms with Gasteiger partial charge in [0, 0.05) is 27.3 Å². The maximum absolute atomic E-state index is 13.1. The van der Waals surface area contributed by atoms with Gasteiger partial charge in [0.05, 0.1) is 11.3 Å². The van der Waals surface area contributed by atoms with E-state index >= 15 is 0 Å². The van der Waals surface area contributed by atoms with Crippen molar-refractivity contribution in [2.45, 2.75) is 20.8 Å². The van der Waals surface area contributed by atoms with Gasteiger partial charge in [0.2, 0.25) is 0 Å². The highest BCUT2D eigenvalue weighted by atomic mass is 35.5. The smallest absolute Gasteiger partial charge is 0.259 e. The van der Waals surface area contributed by atoms with Gasteiger partial charge in [-0.15, -0.1) is 5.11 Å². The van der Waals surface area contributed by atoms with E-state index in [0.717, 1.165) is 22.4 Å². The van der Waals surface area contributed by atoms with Crippen molar-refractivity contribution in [1.82, 2.24) is 0 Å². The van der Waals surface area contributed by atoms with E-state index in [9.17, 15) is 14.7 Å². The number of rotatable bonds is 6. The fraction of sp³-hybridized carbons (Fsp3) is 0.0909. The third-order valence-corrected chi connectivity index (χ3v) is 6.95. The number of benzene rings is 5. The number of aromatic hydroxyl groups is 1. The summed E-state index contributed by atoms with van der Waals surface area (Å²) in [5, 5.41) is 27.6. The van der Waals surface area contributed by atoms with Gasteiger partial charge in [0.15, 0.2) is 5.75 Å². The van der Waals surface area contributed by atoms with Crippen molar-refractivity contribution in [3.63, 3.8) is 0 Å². The first-order chi connectivity index (χ1) is 19.7. The molecule has 2 amide bonds. The topological polar surface area (TPSA) is 103 Å². The van der Waals surface area contributed by atoms with Gasteiger partial charge in [-0.05, 0) is 85.8 Å².